The summed E-state index contributed by atoms with van der Waals surface area (Å²) < 4.78 is 26.8. The number of rotatable bonds is 6. The van der Waals surface area contributed by atoms with Crippen LogP contribution >= 0.6 is 0 Å². The van der Waals surface area contributed by atoms with Gasteiger partial charge < -0.3 is 20.9 Å². The van der Waals surface area contributed by atoms with Crippen molar-refractivity contribution in [1.82, 2.24) is 15.5 Å². The van der Waals surface area contributed by atoms with Crippen molar-refractivity contribution in [3.63, 3.8) is 0 Å². The standard InChI is InChI=1S/C23H27F2N7O/c1-27-20(7-10-26)21-16-3-2-4-17(16)22(31-30-21)32-11-8-15(9-12-32)28-23(33)29-19-6-5-14(24)13-18(19)25/h5-6,10,13,15,26H,2-4,7-9,11-12H2,1H3,(H2,28,29,33). The molecule has 1 aliphatic heterocycles. The van der Waals surface area contributed by atoms with Gasteiger partial charge in [-0.25, -0.2) is 13.6 Å². The molecule has 1 aromatic heterocycles. The number of halogens is 2. The van der Waals surface area contributed by atoms with Gasteiger partial charge >= 0.3 is 6.03 Å². The number of aliphatic imine (C=N–C) groups is 1. The predicted octanol–water partition coefficient (Wildman–Crippen LogP) is 3.49. The molecule has 4 rings (SSSR count). The molecule has 0 atom stereocenters. The van der Waals surface area contributed by atoms with E-state index in [9.17, 15) is 13.6 Å². The highest BCUT2D eigenvalue weighted by molar-refractivity contribution is 6.06. The monoisotopic (exact) mass is 455 g/mol. The van der Waals surface area contributed by atoms with Gasteiger partial charge in [-0.15, -0.1) is 10.2 Å². The van der Waals surface area contributed by atoms with Crippen LogP contribution in [0, 0.1) is 17.0 Å². The molecular formula is C23H27F2N7O. The number of amides is 2. The van der Waals surface area contributed by atoms with Gasteiger partial charge in [0, 0.05) is 50.4 Å². The van der Waals surface area contributed by atoms with Gasteiger partial charge in [-0.1, -0.05) is 0 Å². The summed E-state index contributed by atoms with van der Waals surface area (Å²) in [5.74, 6) is -0.609. The van der Waals surface area contributed by atoms with E-state index in [1.54, 1.807) is 7.05 Å². The van der Waals surface area contributed by atoms with Crippen LogP contribution < -0.4 is 15.5 Å². The van der Waals surface area contributed by atoms with Gasteiger partial charge in [0.15, 0.2) is 5.82 Å². The lowest BCUT2D eigenvalue weighted by atomic mass is 10.0. The Morgan fingerprint density at radius 2 is 2.00 bits per heavy atom. The predicted molar refractivity (Wildman–Crippen MR) is 124 cm³/mol. The Morgan fingerprint density at radius 1 is 1.24 bits per heavy atom. The molecule has 33 heavy (non-hydrogen) atoms. The lowest BCUT2D eigenvalue weighted by molar-refractivity contribution is 0.246. The molecule has 0 radical (unpaired) electrons. The van der Waals surface area contributed by atoms with Gasteiger partial charge in [0.1, 0.15) is 17.3 Å². The topological polar surface area (TPSA) is 106 Å². The third kappa shape index (κ3) is 4.99. The first kappa shape index (κ1) is 22.8. The van der Waals surface area contributed by atoms with Crippen LogP contribution in [0.4, 0.5) is 25.1 Å². The van der Waals surface area contributed by atoms with Crippen LogP contribution in [-0.2, 0) is 12.8 Å². The van der Waals surface area contributed by atoms with E-state index in [0.29, 0.717) is 32.4 Å². The summed E-state index contributed by atoms with van der Waals surface area (Å²) in [6.07, 6.45) is 6.12. The van der Waals surface area contributed by atoms with Crippen molar-refractivity contribution in [3.8, 4) is 0 Å². The lowest BCUT2D eigenvalue weighted by Gasteiger charge is -2.34. The van der Waals surface area contributed by atoms with E-state index in [1.165, 1.54) is 23.4 Å². The fourth-order valence-corrected chi connectivity index (χ4v) is 4.52. The first-order chi connectivity index (χ1) is 16.0. The first-order valence-electron chi connectivity index (χ1n) is 11.1. The maximum absolute atomic E-state index is 13.8. The number of nitrogens with one attached hydrogen (secondary N) is 3. The fourth-order valence-electron chi connectivity index (χ4n) is 4.52. The van der Waals surface area contributed by atoms with Crippen LogP contribution in [0.15, 0.2) is 23.2 Å². The molecule has 2 aliphatic rings. The molecule has 8 nitrogen and oxygen atoms in total. The number of aromatic nitrogens is 2. The summed E-state index contributed by atoms with van der Waals surface area (Å²) in [6.45, 7) is 1.43. The molecule has 0 spiro atoms. The highest BCUT2D eigenvalue weighted by atomic mass is 19.1. The molecule has 0 unspecified atom stereocenters. The maximum atomic E-state index is 13.8. The van der Waals surface area contributed by atoms with E-state index in [4.69, 9.17) is 5.41 Å². The van der Waals surface area contributed by atoms with Crippen LogP contribution in [-0.4, -0.2) is 54.3 Å². The van der Waals surface area contributed by atoms with Crippen molar-refractivity contribution in [2.24, 2.45) is 4.99 Å². The van der Waals surface area contributed by atoms with Gasteiger partial charge in [0.2, 0.25) is 0 Å². The average molecular weight is 456 g/mol. The Hall–Kier alpha value is -3.43. The Balaban J connectivity index is 1.38. The molecule has 10 heteroatoms. The number of carbonyl (C=O) groups is 1. The van der Waals surface area contributed by atoms with Crippen molar-refractivity contribution < 1.29 is 13.6 Å². The summed E-state index contributed by atoms with van der Waals surface area (Å²) in [4.78, 5) is 18.8. The summed E-state index contributed by atoms with van der Waals surface area (Å²) in [5.41, 5.74) is 3.92. The van der Waals surface area contributed by atoms with Crippen molar-refractivity contribution in [3.05, 3.63) is 46.7 Å². The molecule has 0 saturated carbocycles. The fraction of sp³-hybridized carbons (Fsp3) is 0.435. The molecule has 2 amide bonds. The SMILES string of the molecule is CN=C(CC=N)c1nnc(N2CCC(NC(=O)Nc3ccc(F)cc3F)CC2)c2c1CCC2. The van der Waals surface area contributed by atoms with Crippen molar-refractivity contribution in [1.29, 1.82) is 5.41 Å². The highest BCUT2D eigenvalue weighted by Crippen LogP contribution is 2.33. The van der Waals surface area contributed by atoms with E-state index in [1.807, 2.05) is 0 Å². The van der Waals surface area contributed by atoms with Crippen LogP contribution in [0.3, 0.4) is 0 Å². The smallest absolute Gasteiger partial charge is 0.319 e. The molecular weight excluding hydrogens is 428 g/mol. The Morgan fingerprint density at radius 3 is 2.70 bits per heavy atom. The van der Waals surface area contributed by atoms with Crippen LogP contribution in [0.25, 0.3) is 0 Å². The van der Waals surface area contributed by atoms with E-state index < -0.39 is 17.7 Å². The van der Waals surface area contributed by atoms with Gasteiger partial charge in [0.05, 0.1) is 11.4 Å². The summed E-state index contributed by atoms with van der Waals surface area (Å²) in [6, 6.07) is 2.46. The molecule has 2 heterocycles. The second-order valence-corrected chi connectivity index (χ2v) is 8.25. The number of fused-ring (bicyclic) bond motifs is 1. The minimum atomic E-state index is -0.812. The molecule has 1 fully saturated rings. The number of carbonyl (C=O) groups excluding carboxylic acids is 1. The molecule has 1 saturated heterocycles. The number of nitrogens with zero attached hydrogens (tertiary/aromatic N) is 4. The summed E-state index contributed by atoms with van der Waals surface area (Å²) in [5, 5.41) is 21.7. The number of benzene rings is 1. The quantitative estimate of drug-likeness (QED) is 0.580. The zero-order chi connectivity index (χ0) is 23.4. The van der Waals surface area contributed by atoms with Gasteiger partial charge in [-0.05, 0) is 49.8 Å². The first-order valence-corrected chi connectivity index (χ1v) is 11.1. The number of piperidine rings is 1. The van der Waals surface area contributed by atoms with E-state index in [-0.39, 0.29) is 11.7 Å². The Labute approximate surface area is 191 Å². The van der Waals surface area contributed by atoms with E-state index in [2.05, 4.69) is 30.7 Å². The number of hydrogen-bond acceptors (Lipinski definition) is 6. The lowest BCUT2D eigenvalue weighted by Crippen LogP contribution is -2.46. The Kier molecular flexibility index (Phi) is 6.90. The van der Waals surface area contributed by atoms with Crippen LogP contribution in [0.5, 0.6) is 0 Å². The Bertz CT molecular complexity index is 1080. The third-order valence-corrected chi connectivity index (χ3v) is 6.17. The van der Waals surface area contributed by atoms with Crippen LogP contribution in [0.1, 0.15) is 42.5 Å². The number of hydrogen-bond donors (Lipinski definition) is 3. The van der Waals surface area contributed by atoms with Crippen molar-refractivity contribution >= 4 is 29.5 Å². The summed E-state index contributed by atoms with van der Waals surface area (Å²) >= 11 is 0. The second kappa shape index (κ2) is 10.0. The average Bonchev–Trinajstić information content (AvgIpc) is 3.30. The molecule has 1 aliphatic carbocycles. The molecule has 2 aromatic rings. The minimum Gasteiger partial charge on any atom is -0.355 e. The highest BCUT2D eigenvalue weighted by Gasteiger charge is 2.28. The largest absolute Gasteiger partial charge is 0.355 e. The van der Waals surface area contributed by atoms with Gasteiger partial charge in [0.25, 0.3) is 0 Å². The normalized spacial score (nSPS) is 16.5. The molecule has 0 bridgehead atoms. The molecule has 3 N–H and O–H groups in total. The molecule has 1 aromatic carbocycles. The van der Waals surface area contributed by atoms with E-state index in [0.717, 1.165) is 48.6 Å². The summed E-state index contributed by atoms with van der Waals surface area (Å²) in [7, 11) is 1.72. The third-order valence-electron chi connectivity index (χ3n) is 6.17. The number of urea groups is 1. The van der Waals surface area contributed by atoms with Crippen molar-refractivity contribution in [2.75, 3.05) is 30.4 Å². The minimum absolute atomic E-state index is 0.0588. The van der Waals surface area contributed by atoms with Crippen LogP contribution in [0.2, 0.25) is 0 Å². The molecule has 174 valence electrons. The zero-order valence-electron chi connectivity index (χ0n) is 18.5. The second-order valence-electron chi connectivity index (χ2n) is 8.25. The number of anilines is 2. The van der Waals surface area contributed by atoms with E-state index >= 15 is 0 Å². The van der Waals surface area contributed by atoms with Gasteiger partial charge in [-0.2, -0.15) is 0 Å². The van der Waals surface area contributed by atoms with Crippen molar-refractivity contribution in [2.45, 2.75) is 44.6 Å². The maximum Gasteiger partial charge on any atom is 0.319 e. The zero-order valence-corrected chi connectivity index (χ0v) is 18.5. The van der Waals surface area contributed by atoms with Gasteiger partial charge in [-0.3, -0.25) is 4.99 Å².